The van der Waals surface area contributed by atoms with Crippen molar-refractivity contribution >= 4 is 58.4 Å². The highest BCUT2D eigenvalue weighted by atomic mass is 35.5. The number of carbonyl (C=O) groups is 1. The number of rotatable bonds is 11. The highest BCUT2D eigenvalue weighted by Gasteiger charge is 2.56. The second-order valence-corrected chi connectivity index (χ2v) is 11.8. The zero-order valence-corrected chi connectivity index (χ0v) is 23.9. The van der Waals surface area contributed by atoms with Crippen LogP contribution in [-0.2, 0) is 6.18 Å². The minimum absolute atomic E-state index is 0.138. The van der Waals surface area contributed by atoms with Gasteiger partial charge in [-0.2, -0.15) is 38.1 Å². The fourth-order valence-electron chi connectivity index (χ4n) is 4.04. The zero-order chi connectivity index (χ0) is 30.0. The zero-order valence-electron chi connectivity index (χ0n) is 20.8. The minimum Gasteiger partial charge on any atom is -0.294 e. The molecule has 0 aromatic heterocycles. The maximum Gasteiger partial charge on any atom is 0.417 e. The Labute approximate surface area is 245 Å². The molecule has 2 aromatic rings. The van der Waals surface area contributed by atoms with Gasteiger partial charge in [0.25, 0.3) is 5.92 Å². The lowest BCUT2D eigenvalue weighted by atomic mass is 9.92. The average molecular weight is 654 g/mol. The smallest absolute Gasteiger partial charge is 0.294 e. The highest BCUT2D eigenvalue weighted by Crippen LogP contribution is 2.50. The fraction of sp³-hybridized carbons (Fsp3) is 0.444. The first-order chi connectivity index (χ1) is 18.4. The molecule has 13 heteroatoms. The summed E-state index contributed by atoms with van der Waals surface area (Å²) in [4.78, 5) is 12.8. The molecule has 1 nitrogen and oxygen atoms in total. The van der Waals surface area contributed by atoms with E-state index in [2.05, 4.69) is 0 Å². The number of Topliss-reactive ketones (excluding diaryl/α,β-unsaturated/α-hetero) is 1. The summed E-state index contributed by atoms with van der Waals surface area (Å²) in [5, 5.41) is -0.577. The number of hydrogen-bond donors (Lipinski definition) is 0. The molecule has 0 N–H and O–H groups in total. The van der Waals surface area contributed by atoms with E-state index in [4.69, 9.17) is 34.8 Å². The molecular formula is C27H23Cl3F8OS. The molecule has 1 aliphatic carbocycles. The predicted molar refractivity (Wildman–Crippen MR) is 144 cm³/mol. The number of halogens is 11. The van der Waals surface area contributed by atoms with Crippen molar-refractivity contribution in [1.29, 1.82) is 0 Å². The molecule has 0 saturated heterocycles. The molecule has 220 valence electrons. The first-order valence-corrected chi connectivity index (χ1v) is 14.3. The molecule has 1 fully saturated rings. The summed E-state index contributed by atoms with van der Waals surface area (Å²) in [5.41, 5.74) is -2.46. The number of hydrogen-bond acceptors (Lipinski definition) is 2. The van der Waals surface area contributed by atoms with Gasteiger partial charge in [-0.05, 0) is 41.0 Å². The third-order valence-corrected chi connectivity index (χ3v) is 9.07. The van der Waals surface area contributed by atoms with Crippen molar-refractivity contribution in [2.45, 2.75) is 50.4 Å². The standard InChI is InChI=1S/C27H23Cl3F8OS/c1-2-14(12-40-13-17-11-25(17,31)32)8-23(39)18-5-3-15(7-20(18)27(36,37)38)4-6-19(26(33,34)35)16-9-21(28)24(30)22(29)10-16/h3-7,9-10,14,17,19H,2,8,11-13H2,1H3/b6-4+/t14-,17?,19?/m0/s1. The lowest BCUT2D eigenvalue weighted by Gasteiger charge is -2.19. The first kappa shape index (κ1) is 33.0. The first-order valence-electron chi connectivity index (χ1n) is 12.0. The van der Waals surface area contributed by atoms with Crippen LogP contribution in [0, 0.1) is 11.8 Å². The quantitative estimate of drug-likeness (QED) is 0.136. The normalized spacial score (nSPS) is 18.6. The van der Waals surface area contributed by atoms with E-state index in [1.165, 1.54) is 11.8 Å². The number of carbonyl (C=O) groups excluding carboxylic acids is 1. The Bertz CT molecular complexity index is 1240. The maximum absolute atomic E-state index is 13.9. The molecular weight excluding hydrogens is 631 g/mol. The largest absolute Gasteiger partial charge is 0.417 e. The monoisotopic (exact) mass is 652 g/mol. The Kier molecular flexibility index (Phi) is 10.6. The van der Waals surface area contributed by atoms with Gasteiger partial charge in [-0.3, -0.25) is 4.79 Å². The predicted octanol–water partition coefficient (Wildman–Crippen LogP) is 11.0. The lowest BCUT2D eigenvalue weighted by molar-refractivity contribution is -0.139. The molecule has 0 aliphatic heterocycles. The van der Waals surface area contributed by atoms with E-state index in [9.17, 15) is 39.9 Å². The molecule has 2 aromatic carbocycles. The molecule has 1 saturated carbocycles. The van der Waals surface area contributed by atoms with Crippen LogP contribution in [0.15, 0.2) is 36.4 Å². The Morgan fingerprint density at radius 2 is 1.68 bits per heavy atom. The van der Waals surface area contributed by atoms with Crippen LogP contribution in [0.25, 0.3) is 6.08 Å². The Balaban J connectivity index is 1.82. The van der Waals surface area contributed by atoms with Gasteiger partial charge in [0.15, 0.2) is 5.78 Å². The molecule has 0 radical (unpaired) electrons. The number of alkyl halides is 8. The number of thioether (sulfide) groups is 1. The van der Waals surface area contributed by atoms with Crippen molar-refractivity contribution in [2.75, 3.05) is 11.5 Å². The molecule has 40 heavy (non-hydrogen) atoms. The van der Waals surface area contributed by atoms with Gasteiger partial charge in [0.2, 0.25) is 0 Å². The third-order valence-electron chi connectivity index (χ3n) is 6.53. The van der Waals surface area contributed by atoms with Crippen LogP contribution >= 0.6 is 46.6 Å². The molecule has 3 atom stereocenters. The van der Waals surface area contributed by atoms with Gasteiger partial charge in [-0.25, -0.2) is 8.78 Å². The summed E-state index contributed by atoms with van der Waals surface area (Å²) in [7, 11) is 0. The Morgan fingerprint density at radius 3 is 2.17 bits per heavy atom. The van der Waals surface area contributed by atoms with Gasteiger partial charge in [0.05, 0.1) is 26.5 Å². The van der Waals surface area contributed by atoms with E-state index in [1.54, 1.807) is 6.92 Å². The van der Waals surface area contributed by atoms with E-state index in [1.807, 2.05) is 0 Å². The molecule has 1 aliphatic rings. The topological polar surface area (TPSA) is 17.1 Å². The van der Waals surface area contributed by atoms with Gasteiger partial charge < -0.3 is 0 Å². The van der Waals surface area contributed by atoms with Crippen molar-refractivity contribution in [3.05, 3.63) is 73.7 Å². The van der Waals surface area contributed by atoms with Crippen LogP contribution in [0.4, 0.5) is 35.1 Å². The van der Waals surface area contributed by atoms with Crippen molar-refractivity contribution < 1.29 is 39.9 Å². The van der Waals surface area contributed by atoms with Crippen LogP contribution in [0.2, 0.25) is 15.1 Å². The summed E-state index contributed by atoms with van der Waals surface area (Å²) in [6, 6.07) is 4.62. The van der Waals surface area contributed by atoms with Crippen LogP contribution in [-0.4, -0.2) is 29.4 Å². The van der Waals surface area contributed by atoms with E-state index in [0.717, 1.165) is 30.3 Å². The summed E-state index contributed by atoms with van der Waals surface area (Å²) in [5.74, 6) is -6.20. The molecule has 0 heterocycles. The average Bonchev–Trinajstić information content (AvgIpc) is 3.46. The lowest BCUT2D eigenvalue weighted by Crippen LogP contribution is -2.19. The van der Waals surface area contributed by atoms with E-state index in [0.29, 0.717) is 24.3 Å². The highest BCUT2D eigenvalue weighted by molar-refractivity contribution is 7.99. The van der Waals surface area contributed by atoms with Crippen LogP contribution in [0.5, 0.6) is 0 Å². The SMILES string of the molecule is CC[C@H](CSCC1CC1(F)F)CC(=O)c1ccc(/C=C/C(c2cc(Cl)c(Cl)c(Cl)c2)C(F)(F)F)cc1C(F)(F)F. The number of benzene rings is 2. The fourth-order valence-corrected chi connectivity index (χ4v) is 6.12. The van der Waals surface area contributed by atoms with E-state index >= 15 is 0 Å². The Hall–Kier alpha value is -1.49. The summed E-state index contributed by atoms with van der Waals surface area (Å²) in [6.07, 6.45) is -8.20. The van der Waals surface area contributed by atoms with Gasteiger partial charge in [0.1, 0.15) is 0 Å². The van der Waals surface area contributed by atoms with Crippen LogP contribution < -0.4 is 0 Å². The number of allylic oxidation sites excluding steroid dienone is 1. The van der Waals surface area contributed by atoms with E-state index < -0.39 is 47.0 Å². The number of ketones is 1. The van der Waals surface area contributed by atoms with Gasteiger partial charge >= 0.3 is 12.4 Å². The summed E-state index contributed by atoms with van der Waals surface area (Å²) in [6.45, 7) is 1.75. The molecule has 0 bridgehead atoms. The van der Waals surface area contributed by atoms with Gasteiger partial charge in [-0.15, -0.1) is 0 Å². The van der Waals surface area contributed by atoms with Crippen molar-refractivity contribution in [3.8, 4) is 0 Å². The summed E-state index contributed by atoms with van der Waals surface area (Å²) >= 11 is 18.8. The van der Waals surface area contributed by atoms with Gasteiger partial charge in [0, 0.05) is 30.1 Å². The second-order valence-electron chi connectivity index (χ2n) is 9.58. The molecule has 0 amide bonds. The minimum atomic E-state index is -4.95. The summed E-state index contributed by atoms with van der Waals surface area (Å²) < 4.78 is 109. The second kappa shape index (κ2) is 12.8. The van der Waals surface area contributed by atoms with Crippen molar-refractivity contribution in [3.63, 3.8) is 0 Å². The molecule has 3 rings (SSSR count). The van der Waals surface area contributed by atoms with Crippen molar-refractivity contribution in [1.82, 2.24) is 0 Å². The van der Waals surface area contributed by atoms with E-state index in [-0.39, 0.29) is 50.7 Å². The Morgan fingerprint density at radius 1 is 1.07 bits per heavy atom. The van der Waals surface area contributed by atoms with Crippen LogP contribution in [0.3, 0.4) is 0 Å². The third kappa shape index (κ3) is 8.52. The molecule has 2 unspecified atom stereocenters. The van der Waals surface area contributed by atoms with Gasteiger partial charge in [-0.1, -0.05) is 72.4 Å². The van der Waals surface area contributed by atoms with Crippen molar-refractivity contribution in [2.24, 2.45) is 11.8 Å². The molecule has 0 spiro atoms. The van der Waals surface area contributed by atoms with Crippen LogP contribution in [0.1, 0.15) is 59.2 Å². The maximum atomic E-state index is 13.9.